The van der Waals surface area contributed by atoms with Crippen LogP contribution in [0.4, 0.5) is 10.3 Å². The first-order valence-electron chi connectivity index (χ1n) is 11.8. The molecule has 3 aromatic rings. The lowest BCUT2D eigenvalue weighted by molar-refractivity contribution is 0.411. The normalized spacial score (nSPS) is 13.9. The molecule has 8 heteroatoms. The second kappa shape index (κ2) is 11.4. The molecule has 1 heterocycles. The second-order valence-corrected chi connectivity index (χ2v) is 9.21. The number of aryl methyl sites for hydroxylation is 2. The van der Waals surface area contributed by atoms with Crippen LogP contribution in [0.2, 0.25) is 5.02 Å². The van der Waals surface area contributed by atoms with Gasteiger partial charge < -0.3 is 9.64 Å². The fourth-order valence-electron chi connectivity index (χ4n) is 4.34. The standard InChI is InChI=1S/C26H32ClFN4O.ClH/c1-5-13-31(22(15-18-7-8-18)19-9-11-20(28)12-10-19)26-29-25(6-2)32(30-26)23-14-17(3)24(33-4)16-21(23)27;/h9-12,14,16,18,22H,5-8,13,15H2,1-4H3;1H/t22-;/m0./s1. The average molecular weight is 507 g/mol. The Labute approximate surface area is 212 Å². The van der Waals surface area contributed by atoms with Gasteiger partial charge in [0.15, 0.2) is 0 Å². The highest BCUT2D eigenvalue weighted by molar-refractivity contribution is 6.32. The van der Waals surface area contributed by atoms with Crippen molar-refractivity contribution >= 4 is 30.0 Å². The van der Waals surface area contributed by atoms with Crippen LogP contribution in [0.15, 0.2) is 36.4 Å². The zero-order valence-electron chi connectivity index (χ0n) is 20.2. The van der Waals surface area contributed by atoms with Gasteiger partial charge in [-0.15, -0.1) is 17.5 Å². The fourth-order valence-corrected chi connectivity index (χ4v) is 4.57. The quantitative estimate of drug-likeness (QED) is 0.293. The average Bonchev–Trinajstić information content (AvgIpc) is 3.54. The van der Waals surface area contributed by atoms with E-state index in [1.165, 1.54) is 12.8 Å². The van der Waals surface area contributed by atoms with Crippen molar-refractivity contribution in [2.45, 2.75) is 58.9 Å². The van der Waals surface area contributed by atoms with E-state index < -0.39 is 0 Å². The molecule has 0 saturated heterocycles. The predicted octanol–water partition coefficient (Wildman–Crippen LogP) is 7.12. The first-order chi connectivity index (χ1) is 15.9. The molecule has 5 nitrogen and oxygen atoms in total. The van der Waals surface area contributed by atoms with Crippen LogP contribution in [0.5, 0.6) is 5.75 Å². The topological polar surface area (TPSA) is 43.2 Å². The monoisotopic (exact) mass is 506 g/mol. The van der Waals surface area contributed by atoms with Crippen molar-refractivity contribution in [3.63, 3.8) is 0 Å². The van der Waals surface area contributed by atoms with Crippen molar-refractivity contribution in [2.75, 3.05) is 18.6 Å². The van der Waals surface area contributed by atoms with Gasteiger partial charge in [0.2, 0.25) is 5.95 Å². The molecular weight excluding hydrogens is 474 g/mol. The molecule has 0 spiro atoms. The first kappa shape index (κ1) is 26.3. The van der Waals surface area contributed by atoms with Crippen molar-refractivity contribution in [2.24, 2.45) is 5.92 Å². The number of hydrogen-bond donors (Lipinski definition) is 0. The van der Waals surface area contributed by atoms with Gasteiger partial charge in [0.05, 0.1) is 23.9 Å². The summed E-state index contributed by atoms with van der Waals surface area (Å²) < 4.78 is 20.9. The smallest absolute Gasteiger partial charge is 0.245 e. The third kappa shape index (κ3) is 5.66. The molecule has 1 atom stereocenters. The molecule has 1 aromatic heterocycles. The third-order valence-corrected chi connectivity index (χ3v) is 6.58. The zero-order chi connectivity index (χ0) is 23.5. The Morgan fingerprint density at radius 2 is 1.91 bits per heavy atom. The molecular formula is C26H33Cl2FN4O. The lowest BCUT2D eigenvalue weighted by Gasteiger charge is -2.31. The summed E-state index contributed by atoms with van der Waals surface area (Å²) in [6.07, 6.45) is 5.20. The van der Waals surface area contributed by atoms with Gasteiger partial charge in [-0.2, -0.15) is 4.98 Å². The molecule has 0 unspecified atom stereocenters. The number of ether oxygens (including phenoxy) is 1. The lowest BCUT2D eigenvalue weighted by atomic mass is 9.99. The highest BCUT2D eigenvalue weighted by atomic mass is 35.5. The number of aromatic nitrogens is 3. The van der Waals surface area contributed by atoms with Gasteiger partial charge in [0.1, 0.15) is 17.4 Å². The van der Waals surface area contributed by atoms with Crippen LogP contribution in [-0.4, -0.2) is 28.4 Å². The molecule has 0 aliphatic heterocycles. The molecule has 0 N–H and O–H groups in total. The second-order valence-electron chi connectivity index (χ2n) is 8.81. The summed E-state index contributed by atoms with van der Waals surface area (Å²) in [5.74, 6) is 2.77. The van der Waals surface area contributed by atoms with E-state index in [0.717, 1.165) is 54.2 Å². The van der Waals surface area contributed by atoms with E-state index in [1.807, 2.05) is 35.9 Å². The highest BCUT2D eigenvalue weighted by Gasteiger charge is 2.32. The fraction of sp³-hybridized carbons (Fsp3) is 0.462. The number of anilines is 1. The Kier molecular flexibility index (Phi) is 8.83. The van der Waals surface area contributed by atoms with Gasteiger partial charge in [-0.25, -0.2) is 9.07 Å². The van der Waals surface area contributed by atoms with Crippen LogP contribution in [0.25, 0.3) is 5.69 Å². The minimum atomic E-state index is -0.217. The SMILES string of the molecule is CCCN(c1nc(CC)n(-c2cc(C)c(OC)cc2Cl)n1)[C@@H](CC1CC1)c1ccc(F)cc1.Cl. The number of methoxy groups -OCH3 is 1. The largest absolute Gasteiger partial charge is 0.496 e. The summed E-state index contributed by atoms with van der Waals surface area (Å²) in [6, 6.07) is 10.8. The van der Waals surface area contributed by atoms with Crippen molar-refractivity contribution in [1.29, 1.82) is 0 Å². The number of nitrogens with zero attached hydrogens (tertiary/aromatic N) is 4. The Balaban J connectivity index is 0.00000324. The van der Waals surface area contributed by atoms with E-state index in [4.69, 9.17) is 26.4 Å². The van der Waals surface area contributed by atoms with E-state index in [2.05, 4.69) is 18.7 Å². The van der Waals surface area contributed by atoms with Gasteiger partial charge >= 0.3 is 0 Å². The Morgan fingerprint density at radius 1 is 1.21 bits per heavy atom. The maximum atomic E-state index is 13.6. The molecule has 2 aromatic carbocycles. The Morgan fingerprint density at radius 3 is 2.50 bits per heavy atom. The Hall–Kier alpha value is -2.31. The number of hydrogen-bond acceptors (Lipinski definition) is 4. The van der Waals surface area contributed by atoms with Gasteiger partial charge in [-0.1, -0.05) is 50.4 Å². The van der Waals surface area contributed by atoms with E-state index in [1.54, 1.807) is 19.2 Å². The van der Waals surface area contributed by atoms with Crippen LogP contribution >= 0.6 is 24.0 Å². The molecule has 1 aliphatic rings. The minimum Gasteiger partial charge on any atom is -0.496 e. The van der Waals surface area contributed by atoms with Crippen molar-refractivity contribution < 1.29 is 9.13 Å². The molecule has 0 amide bonds. The van der Waals surface area contributed by atoms with Crippen LogP contribution in [-0.2, 0) is 6.42 Å². The molecule has 1 aliphatic carbocycles. The van der Waals surface area contributed by atoms with Gasteiger partial charge in [-0.05, 0) is 55.0 Å². The summed E-state index contributed by atoms with van der Waals surface area (Å²) in [5, 5.41) is 5.52. The number of halogens is 3. The summed E-state index contributed by atoms with van der Waals surface area (Å²) in [4.78, 5) is 7.23. The van der Waals surface area contributed by atoms with Crippen LogP contribution in [0.1, 0.15) is 62.5 Å². The molecule has 184 valence electrons. The zero-order valence-corrected chi connectivity index (χ0v) is 21.8. The van der Waals surface area contributed by atoms with Gasteiger partial charge in [0.25, 0.3) is 0 Å². The van der Waals surface area contributed by atoms with E-state index >= 15 is 0 Å². The summed E-state index contributed by atoms with van der Waals surface area (Å²) in [7, 11) is 1.64. The molecule has 0 radical (unpaired) electrons. The van der Waals surface area contributed by atoms with E-state index in [9.17, 15) is 4.39 Å². The van der Waals surface area contributed by atoms with Crippen LogP contribution in [0, 0.1) is 18.7 Å². The predicted molar refractivity (Wildman–Crippen MR) is 138 cm³/mol. The molecule has 4 rings (SSSR count). The summed E-state index contributed by atoms with van der Waals surface area (Å²) >= 11 is 6.63. The van der Waals surface area contributed by atoms with Crippen molar-refractivity contribution in [1.82, 2.24) is 14.8 Å². The minimum absolute atomic E-state index is 0. The molecule has 0 bridgehead atoms. The maximum absolute atomic E-state index is 13.6. The number of rotatable bonds is 10. The number of benzene rings is 2. The first-order valence-corrected chi connectivity index (χ1v) is 12.1. The maximum Gasteiger partial charge on any atom is 0.245 e. The van der Waals surface area contributed by atoms with Gasteiger partial charge in [-0.3, -0.25) is 0 Å². The van der Waals surface area contributed by atoms with Crippen LogP contribution < -0.4 is 9.64 Å². The lowest BCUT2D eigenvalue weighted by Crippen LogP contribution is -2.31. The van der Waals surface area contributed by atoms with Crippen molar-refractivity contribution in [3.8, 4) is 11.4 Å². The summed E-state index contributed by atoms with van der Waals surface area (Å²) in [6.45, 7) is 7.04. The van der Waals surface area contributed by atoms with E-state index in [-0.39, 0.29) is 24.3 Å². The third-order valence-electron chi connectivity index (χ3n) is 6.28. The highest BCUT2D eigenvalue weighted by Crippen LogP contribution is 2.41. The summed E-state index contributed by atoms with van der Waals surface area (Å²) in [5.41, 5.74) is 2.88. The van der Waals surface area contributed by atoms with Crippen molar-refractivity contribution in [3.05, 3.63) is 64.2 Å². The van der Waals surface area contributed by atoms with Gasteiger partial charge in [0, 0.05) is 19.0 Å². The molecule has 34 heavy (non-hydrogen) atoms. The van der Waals surface area contributed by atoms with E-state index in [0.29, 0.717) is 16.9 Å². The molecule has 1 saturated carbocycles. The van der Waals surface area contributed by atoms with Crippen LogP contribution in [0.3, 0.4) is 0 Å². The molecule has 1 fully saturated rings. The Bertz CT molecular complexity index is 1100.